The molecule has 7 heteroatoms. The first kappa shape index (κ1) is 22.0. The van der Waals surface area contributed by atoms with Gasteiger partial charge in [0, 0.05) is 15.8 Å². The minimum atomic E-state index is -0.527. The molecule has 25 heavy (non-hydrogen) atoms. The summed E-state index contributed by atoms with van der Waals surface area (Å²) in [6.45, 7) is 9.38. The van der Waals surface area contributed by atoms with Gasteiger partial charge in [-0.25, -0.2) is 4.39 Å². The van der Waals surface area contributed by atoms with Crippen molar-refractivity contribution in [3.8, 4) is 0 Å². The van der Waals surface area contributed by atoms with E-state index in [1.54, 1.807) is 13.0 Å². The first-order chi connectivity index (χ1) is 11.7. The zero-order valence-corrected chi connectivity index (χ0v) is 17.6. The monoisotopic (exact) mass is 433 g/mol. The van der Waals surface area contributed by atoms with Gasteiger partial charge in [-0.1, -0.05) is 27.7 Å². The van der Waals surface area contributed by atoms with Crippen LogP contribution in [0.4, 0.5) is 10.1 Å². The van der Waals surface area contributed by atoms with Crippen LogP contribution in [-0.2, 0) is 14.3 Å². The predicted molar refractivity (Wildman–Crippen MR) is 103 cm³/mol. The minimum Gasteiger partial charge on any atom is -0.462 e. The Hall–Kier alpha value is -1.08. The average Bonchev–Trinajstić information content (AvgIpc) is 2.55. The molecule has 0 heterocycles. The predicted octanol–water partition coefficient (Wildman–Crippen LogP) is 5.40. The maximum atomic E-state index is 14.1. The van der Waals surface area contributed by atoms with E-state index >= 15 is 0 Å². The Morgan fingerprint density at radius 1 is 1.28 bits per heavy atom. The van der Waals surface area contributed by atoms with Crippen molar-refractivity contribution in [1.82, 2.24) is 0 Å². The lowest BCUT2D eigenvalue weighted by molar-refractivity contribution is -0.148. The van der Waals surface area contributed by atoms with Gasteiger partial charge in [0.05, 0.1) is 11.8 Å². The van der Waals surface area contributed by atoms with E-state index < -0.39 is 11.1 Å². The molecule has 0 aliphatic carbocycles. The van der Waals surface area contributed by atoms with Crippen LogP contribution in [0.5, 0.6) is 0 Å². The summed E-state index contributed by atoms with van der Waals surface area (Å²) in [6.07, 6.45) is 0.855. The Morgan fingerprint density at radius 3 is 2.44 bits per heavy atom. The number of nitrogens with one attached hydrogen (secondary N) is 1. The number of esters is 1. The second-order valence-electron chi connectivity index (χ2n) is 6.10. The SMILES string of the molecule is CCC(=O)Nc1cc(SC(C(=O)OC(C)CC)C(C)C)c(Br)cc1F. The molecule has 0 saturated heterocycles. The van der Waals surface area contributed by atoms with Crippen LogP contribution in [0.2, 0.25) is 0 Å². The van der Waals surface area contributed by atoms with Crippen molar-refractivity contribution in [3.63, 3.8) is 0 Å². The summed E-state index contributed by atoms with van der Waals surface area (Å²) in [6, 6.07) is 2.84. The van der Waals surface area contributed by atoms with Crippen molar-refractivity contribution in [2.45, 2.75) is 63.7 Å². The van der Waals surface area contributed by atoms with Crippen molar-refractivity contribution in [3.05, 3.63) is 22.4 Å². The van der Waals surface area contributed by atoms with Gasteiger partial charge in [0.1, 0.15) is 11.1 Å². The average molecular weight is 434 g/mol. The number of anilines is 1. The number of benzene rings is 1. The topological polar surface area (TPSA) is 55.4 Å². The lowest BCUT2D eigenvalue weighted by Gasteiger charge is -2.22. The van der Waals surface area contributed by atoms with Crippen LogP contribution in [0.25, 0.3) is 0 Å². The molecule has 0 aliphatic rings. The third kappa shape index (κ3) is 6.62. The number of ether oxygens (including phenoxy) is 1. The van der Waals surface area contributed by atoms with Gasteiger partial charge in [-0.05, 0) is 47.3 Å². The van der Waals surface area contributed by atoms with Gasteiger partial charge >= 0.3 is 5.97 Å². The second kappa shape index (κ2) is 10.2. The van der Waals surface area contributed by atoms with Gasteiger partial charge in [0.25, 0.3) is 0 Å². The highest BCUT2D eigenvalue weighted by atomic mass is 79.9. The maximum Gasteiger partial charge on any atom is 0.319 e. The molecule has 2 unspecified atom stereocenters. The van der Waals surface area contributed by atoms with E-state index in [4.69, 9.17) is 4.74 Å². The van der Waals surface area contributed by atoms with Crippen molar-refractivity contribution < 1.29 is 18.7 Å². The van der Waals surface area contributed by atoms with Crippen LogP contribution < -0.4 is 5.32 Å². The summed E-state index contributed by atoms with van der Waals surface area (Å²) in [5.74, 6) is -1.05. The zero-order chi connectivity index (χ0) is 19.1. The van der Waals surface area contributed by atoms with Gasteiger partial charge in [0.15, 0.2) is 0 Å². The van der Waals surface area contributed by atoms with E-state index in [9.17, 15) is 14.0 Å². The molecule has 0 bridgehead atoms. The molecule has 1 aromatic rings. The fourth-order valence-electron chi connectivity index (χ4n) is 1.90. The summed E-state index contributed by atoms with van der Waals surface area (Å²) >= 11 is 4.63. The lowest BCUT2D eigenvalue weighted by atomic mass is 10.1. The Balaban J connectivity index is 3.06. The fourth-order valence-corrected chi connectivity index (χ4v) is 3.55. The Kier molecular flexibility index (Phi) is 8.93. The lowest BCUT2D eigenvalue weighted by Crippen LogP contribution is -2.28. The van der Waals surface area contributed by atoms with Crippen molar-refractivity contribution in [2.75, 3.05) is 5.32 Å². The highest BCUT2D eigenvalue weighted by Crippen LogP contribution is 2.37. The highest BCUT2D eigenvalue weighted by molar-refractivity contribution is 9.10. The van der Waals surface area contributed by atoms with Crippen LogP contribution >= 0.6 is 27.7 Å². The number of thioether (sulfide) groups is 1. The molecule has 1 N–H and O–H groups in total. The van der Waals surface area contributed by atoms with Crippen LogP contribution in [-0.4, -0.2) is 23.2 Å². The van der Waals surface area contributed by atoms with E-state index in [0.717, 1.165) is 6.42 Å². The molecular formula is C18H25BrFNO3S. The molecule has 0 radical (unpaired) electrons. The Morgan fingerprint density at radius 2 is 1.92 bits per heavy atom. The summed E-state index contributed by atoms with van der Waals surface area (Å²) in [7, 11) is 0. The maximum absolute atomic E-state index is 14.1. The molecule has 1 aromatic carbocycles. The number of carbonyl (C=O) groups excluding carboxylic acids is 2. The summed E-state index contributed by atoms with van der Waals surface area (Å²) in [5.41, 5.74) is 0.107. The van der Waals surface area contributed by atoms with E-state index in [1.807, 2.05) is 27.7 Å². The molecule has 0 fully saturated rings. The number of hydrogen-bond acceptors (Lipinski definition) is 4. The number of halogens is 2. The molecule has 1 amide bonds. The fraction of sp³-hybridized carbons (Fsp3) is 0.556. The molecule has 0 spiro atoms. The van der Waals surface area contributed by atoms with E-state index in [0.29, 0.717) is 9.37 Å². The van der Waals surface area contributed by atoms with Crippen molar-refractivity contribution in [2.24, 2.45) is 5.92 Å². The van der Waals surface area contributed by atoms with Crippen LogP contribution in [0.15, 0.2) is 21.5 Å². The quantitative estimate of drug-likeness (QED) is 0.440. The smallest absolute Gasteiger partial charge is 0.319 e. The summed E-state index contributed by atoms with van der Waals surface area (Å²) < 4.78 is 20.0. The molecule has 0 saturated carbocycles. The molecule has 140 valence electrons. The van der Waals surface area contributed by atoms with Gasteiger partial charge in [0.2, 0.25) is 5.91 Å². The largest absolute Gasteiger partial charge is 0.462 e. The number of carbonyl (C=O) groups is 2. The number of amides is 1. The summed E-state index contributed by atoms with van der Waals surface area (Å²) in [5, 5.41) is 2.11. The molecule has 0 aromatic heterocycles. The molecule has 2 atom stereocenters. The van der Waals surface area contributed by atoms with Crippen LogP contribution in [0.3, 0.4) is 0 Å². The van der Waals surface area contributed by atoms with Crippen LogP contribution in [0.1, 0.15) is 47.5 Å². The Labute approximate surface area is 161 Å². The van der Waals surface area contributed by atoms with Gasteiger partial charge < -0.3 is 10.1 Å². The van der Waals surface area contributed by atoms with Gasteiger partial charge in [-0.3, -0.25) is 9.59 Å². The van der Waals surface area contributed by atoms with E-state index in [1.165, 1.54) is 17.8 Å². The molecular weight excluding hydrogens is 409 g/mol. The summed E-state index contributed by atoms with van der Waals surface area (Å²) in [4.78, 5) is 24.7. The van der Waals surface area contributed by atoms with E-state index in [-0.39, 0.29) is 36.0 Å². The standard InChI is InChI=1S/C18H25BrFNO3S/c1-6-11(5)24-18(23)17(10(3)4)25-15-9-14(21-16(22)7-2)13(20)8-12(15)19/h8-11,17H,6-7H2,1-5H3,(H,21,22). The van der Waals surface area contributed by atoms with Gasteiger partial charge in [-0.15, -0.1) is 11.8 Å². The highest BCUT2D eigenvalue weighted by Gasteiger charge is 2.27. The third-order valence-electron chi connectivity index (χ3n) is 3.60. The first-order valence-electron chi connectivity index (χ1n) is 8.35. The van der Waals surface area contributed by atoms with Crippen molar-refractivity contribution in [1.29, 1.82) is 0 Å². The first-order valence-corrected chi connectivity index (χ1v) is 10.0. The Bertz CT molecular complexity index is 625. The van der Waals surface area contributed by atoms with Gasteiger partial charge in [-0.2, -0.15) is 0 Å². The molecule has 4 nitrogen and oxygen atoms in total. The number of rotatable bonds is 8. The van der Waals surface area contributed by atoms with E-state index in [2.05, 4.69) is 21.2 Å². The minimum absolute atomic E-state index is 0.0344. The second-order valence-corrected chi connectivity index (χ2v) is 8.14. The van der Waals surface area contributed by atoms with Crippen LogP contribution in [0, 0.1) is 11.7 Å². The van der Waals surface area contributed by atoms with Crippen molar-refractivity contribution >= 4 is 45.3 Å². The number of hydrogen-bond donors (Lipinski definition) is 1. The zero-order valence-electron chi connectivity index (χ0n) is 15.2. The molecule has 0 aliphatic heterocycles. The molecule has 1 rings (SSSR count). The normalized spacial score (nSPS) is 13.4. The third-order valence-corrected chi connectivity index (χ3v) is 6.10.